The van der Waals surface area contributed by atoms with E-state index < -0.39 is 0 Å². The molecule has 0 saturated carbocycles. The molecule has 0 radical (unpaired) electrons. The minimum Gasteiger partial charge on any atom is -0.497 e. The summed E-state index contributed by atoms with van der Waals surface area (Å²) in [5.74, 6) is 1.96. The number of halogens is 1. The van der Waals surface area contributed by atoms with Crippen molar-refractivity contribution in [3.63, 3.8) is 0 Å². The molecule has 6 heteroatoms. The van der Waals surface area contributed by atoms with Crippen molar-refractivity contribution in [2.45, 2.75) is 26.9 Å². The lowest BCUT2D eigenvalue weighted by Crippen LogP contribution is -2.22. The van der Waals surface area contributed by atoms with E-state index in [1.807, 2.05) is 42.5 Å². The second-order valence-corrected chi connectivity index (χ2v) is 7.44. The largest absolute Gasteiger partial charge is 0.497 e. The molecule has 5 nitrogen and oxygen atoms in total. The summed E-state index contributed by atoms with van der Waals surface area (Å²) < 4.78 is 12.0. The van der Waals surface area contributed by atoms with E-state index in [0.717, 1.165) is 21.3 Å². The van der Waals surface area contributed by atoms with Crippen molar-refractivity contribution < 1.29 is 19.1 Å². The number of rotatable bonds is 10. The van der Waals surface area contributed by atoms with Crippen molar-refractivity contribution in [3.8, 4) is 11.5 Å². The van der Waals surface area contributed by atoms with Crippen LogP contribution in [0.25, 0.3) is 0 Å². The summed E-state index contributed by atoms with van der Waals surface area (Å²) in [5, 5.41) is 1.22. The Balaban J connectivity index is 2.09. The average Bonchev–Trinajstić information content (AvgIpc) is 2.64. The SMILES string of the molecule is COc1ccc(CON(C=O)c2cc(I)ccc2OCCC(C)C)cc1. The van der Waals surface area contributed by atoms with Gasteiger partial charge in [-0.25, -0.2) is 0 Å². The van der Waals surface area contributed by atoms with Gasteiger partial charge in [0.2, 0.25) is 6.41 Å². The second-order valence-electron chi connectivity index (χ2n) is 6.20. The van der Waals surface area contributed by atoms with Crippen LogP contribution in [0.15, 0.2) is 42.5 Å². The molecule has 0 heterocycles. The third kappa shape index (κ3) is 6.17. The molecular weight excluding hydrogens is 445 g/mol. The number of hydrogen-bond donors (Lipinski definition) is 0. The van der Waals surface area contributed by atoms with E-state index in [4.69, 9.17) is 14.3 Å². The molecule has 140 valence electrons. The minimum atomic E-state index is 0.264. The zero-order valence-corrected chi connectivity index (χ0v) is 17.4. The van der Waals surface area contributed by atoms with Crippen LogP contribution >= 0.6 is 22.6 Å². The Hall–Kier alpha value is -1.80. The Morgan fingerprint density at radius 2 is 1.88 bits per heavy atom. The molecule has 2 aromatic carbocycles. The minimum absolute atomic E-state index is 0.264. The first-order valence-corrected chi connectivity index (χ1v) is 9.54. The van der Waals surface area contributed by atoms with Gasteiger partial charge in [-0.15, -0.1) is 0 Å². The van der Waals surface area contributed by atoms with Crippen molar-refractivity contribution in [2.24, 2.45) is 5.92 Å². The average molecular weight is 469 g/mol. The number of benzene rings is 2. The fourth-order valence-electron chi connectivity index (χ4n) is 2.21. The van der Waals surface area contributed by atoms with Gasteiger partial charge in [-0.1, -0.05) is 26.0 Å². The van der Waals surface area contributed by atoms with Gasteiger partial charge in [0.15, 0.2) is 0 Å². The number of nitrogens with zero attached hydrogens (tertiary/aromatic N) is 1. The fourth-order valence-corrected chi connectivity index (χ4v) is 2.69. The van der Waals surface area contributed by atoms with Crippen LogP contribution in [0.2, 0.25) is 0 Å². The molecule has 0 fully saturated rings. The van der Waals surface area contributed by atoms with Crippen molar-refractivity contribution in [1.29, 1.82) is 0 Å². The molecule has 2 aromatic rings. The lowest BCUT2D eigenvalue weighted by molar-refractivity contribution is -0.114. The Kier molecular flexibility index (Phi) is 8.18. The maximum atomic E-state index is 11.6. The van der Waals surface area contributed by atoms with Gasteiger partial charge >= 0.3 is 0 Å². The Labute approximate surface area is 168 Å². The van der Waals surface area contributed by atoms with Crippen LogP contribution in [0, 0.1) is 9.49 Å². The Bertz CT molecular complexity index is 703. The van der Waals surface area contributed by atoms with Crippen molar-refractivity contribution >= 4 is 34.7 Å². The summed E-state index contributed by atoms with van der Waals surface area (Å²) in [6.45, 7) is 5.15. The van der Waals surface area contributed by atoms with Crippen LogP contribution in [0.5, 0.6) is 11.5 Å². The normalized spacial score (nSPS) is 10.7. The number of hydroxylamine groups is 1. The Morgan fingerprint density at radius 1 is 1.15 bits per heavy atom. The van der Waals surface area contributed by atoms with E-state index >= 15 is 0 Å². The van der Waals surface area contributed by atoms with Gasteiger partial charge in [-0.3, -0.25) is 9.63 Å². The maximum Gasteiger partial charge on any atom is 0.238 e. The first kappa shape index (κ1) is 20.5. The molecule has 0 aliphatic rings. The van der Waals surface area contributed by atoms with E-state index in [2.05, 4.69) is 36.4 Å². The number of amides is 1. The number of carbonyl (C=O) groups is 1. The highest BCUT2D eigenvalue weighted by Crippen LogP contribution is 2.30. The molecule has 2 rings (SSSR count). The summed E-state index contributed by atoms with van der Waals surface area (Å²) >= 11 is 2.20. The van der Waals surface area contributed by atoms with Crippen LogP contribution in [-0.2, 0) is 16.2 Å². The summed E-state index contributed by atoms with van der Waals surface area (Å²) in [5.41, 5.74) is 1.54. The molecule has 0 aromatic heterocycles. The molecule has 0 aliphatic carbocycles. The van der Waals surface area contributed by atoms with E-state index in [1.165, 1.54) is 5.06 Å². The molecule has 26 heavy (non-hydrogen) atoms. The highest BCUT2D eigenvalue weighted by Gasteiger charge is 2.14. The van der Waals surface area contributed by atoms with Crippen molar-refractivity contribution in [1.82, 2.24) is 0 Å². The van der Waals surface area contributed by atoms with Crippen molar-refractivity contribution in [3.05, 3.63) is 51.6 Å². The molecular formula is C20H24INO4. The molecule has 0 aliphatic heterocycles. The second kappa shape index (κ2) is 10.4. The standard InChI is InChI=1S/C20H24INO4/c1-15(2)10-11-25-20-9-6-17(21)12-19(20)22(14-23)26-13-16-4-7-18(24-3)8-5-16/h4-9,12,14-15H,10-11,13H2,1-3H3. The third-order valence-electron chi connectivity index (χ3n) is 3.74. The number of hydrogen-bond acceptors (Lipinski definition) is 4. The predicted molar refractivity (Wildman–Crippen MR) is 110 cm³/mol. The zero-order chi connectivity index (χ0) is 18.9. The molecule has 1 amide bonds. The molecule has 0 atom stereocenters. The number of ether oxygens (including phenoxy) is 2. The fraction of sp³-hybridized carbons (Fsp3) is 0.350. The van der Waals surface area contributed by atoms with E-state index in [9.17, 15) is 4.79 Å². The van der Waals surface area contributed by atoms with Gasteiger partial charge in [0.25, 0.3) is 0 Å². The van der Waals surface area contributed by atoms with Gasteiger partial charge < -0.3 is 9.47 Å². The van der Waals surface area contributed by atoms with Crippen LogP contribution in [0.1, 0.15) is 25.8 Å². The molecule has 0 bridgehead atoms. The van der Waals surface area contributed by atoms with Crippen LogP contribution in [0.3, 0.4) is 0 Å². The zero-order valence-electron chi connectivity index (χ0n) is 15.3. The van der Waals surface area contributed by atoms with E-state index in [1.54, 1.807) is 7.11 Å². The molecule has 0 spiro atoms. The van der Waals surface area contributed by atoms with E-state index in [0.29, 0.717) is 30.4 Å². The number of anilines is 1. The summed E-state index contributed by atoms with van der Waals surface area (Å²) in [4.78, 5) is 17.3. The summed E-state index contributed by atoms with van der Waals surface area (Å²) in [6, 6.07) is 13.2. The monoisotopic (exact) mass is 469 g/mol. The quantitative estimate of drug-likeness (QED) is 0.285. The van der Waals surface area contributed by atoms with E-state index in [-0.39, 0.29) is 6.61 Å². The number of methoxy groups -OCH3 is 1. The van der Waals surface area contributed by atoms with Crippen LogP contribution in [0.4, 0.5) is 5.69 Å². The summed E-state index contributed by atoms with van der Waals surface area (Å²) in [6.07, 6.45) is 1.60. The van der Waals surface area contributed by atoms with Gasteiger partial charge in [-0.2, -0.15) is 5.06 Å². The first-order valence-electron chi connectivity index (χ1n) is 8.46. The van der Waals surface area contributed by atoms with Crippen molar-refractivity contribution in [2.75, 3.05) is 18.8 Å². The molecule has 0 unspecified atom stereocenters. The van der Waals surface area contributed by atoms with Gasteiger partial charge in [-0.05, 0) is 70.8 Å². The lowest BCUT2D eigenvalue weighted by Gasteiger charge is -2.21. The highest BCUT2D eigenvalue weighted by molar-refractivity contribution is 14.1. The molecule has 0 N–H and O–H groups in total. The van der Waals surface area contributed by atoms with Gasteiger partial charge in [0.05, 0.1) is 13.7 Å². The lowest BCUT2D eigenvalue weighted by atomic mass is 10.1. The smallest absolute Gasteiger partial charge is 0.238 e. The Morgan fingerprint density at radius 3 is 2.50 bits per heavy atom. The first-order chi connectivity index (χ1) is 12.5. The molecule has 0 saturated heterocycles. The van der Waals surface area contributed by atoms with Crippen LogP contribution < -0.4 is 14.5 Å². The van der Waals surface area contributed by atoms with Crippen LogP contribution in [-0.4, -0.2) is 20.1 Å². The summed E-state index contributed by atoms with van der Waals surface area (Å²) in [7, 11) is 1.62. The predicted octanol–water partition coefficient (Wildman–Crippen LogP) is 4.82. The topological polar surface area (TPSA) is 48.0 Å². The number of carbonyl (C=O) groups excluding carboxylic acids is 1. The van der Waals surface area contributed by atoms with Gasteiger partial charge in [0.1, 0.15) is 23.8 Å². The maximum absolute atomic E-state index is 11.6. The van der Waals surface area contributed by atoms with Gasteiger partial charge in [0, 0.05) is 3.57 Å². The highest BCUT2D eigenvalue weighted by atomic mass is 127. The third-order valence-corrected chi connectivity index (χ3v) is 4.41.